The van der Waals surface area contributed by atoms with Gasteiger partial charge in [0, 0.05) is 4.88 Å². The Hall–Kier alpha value is -0.340. The molecule has 0 spiro atoms. The third-order valence-electron chi connectivity index (χ3n) is 3.55. The van der Waals surface area contributed by atoms with Crippen LogP contribution in [0.5, 0.6) is 0 Å². The third-order valence-corrected chi connectivity index (χ3v) is 4.65. The second-order valence-corrected chi connectivity index (χ2v) is 6.41. The van der Waals surface area contributed by atoms with Gasteiger partial charge >= 0.3 is 0 Å². The highest BCUT2D eigenvalue weighted by molar-refractivity contribution is 7.10. The highest BCUT2D eigenvalue weighted by Gasteiger charge is 2.22. The summed E-state index contributed by atoms with van der Waals surface area (Å²) < 4.78 is 0. The molecule has 1 unspecified atom stereocenters. The quantitative estimate of drug-likeness (QED) is 0.853. The fraction of sp³-hybridized carbons (Fsp3) is 0.714. The molecular weight excluding hydrogens is 214 g/mol. The zero-order valence-electron chi connectivity index (χ0n) is 10.5. The summed E-state index contributed by atoms with van der Waals surface area (Å²) in [6.07, 6.45) is 6.40. The summed E-state index contributed by atoms with van der Waals surface area (Å²) in [5, 5.41) is 2.40. The molecule has 1 aliphatic carbocycles. The Kier molecular flexibility index (Phi) is 4.04. The van der Waals surface area contributed by atoms with Gasteiger partial charge in [0.25, 0.3) is 0 Å². The SMILES string of the molecule is CC(C)Cc1csc2c1CCC(CCN)C2. The van der Waals surface area contributed by atoms with Crippen LogP contribution in [0.25, 0.3) is 0 Å². The number of fused-ring (bicyclic) bond motifs is 1. The highest BCUT2D eigenvalue weighted by Crippen LogP contribution is 2.34. The lowest BCUT2D eigenvalue weighted by molar-refractivity contribution is 0.436. The van der Waals surface area contributed by atoms with Gasteiger partial charge in [-0.2, -0.15) is 0 Å². The molecule has 1 aliphatic rings. The second-order valence-electron chi connectivity index (χ2n) is 5.45. The fourth-order valence-corrected chi connectivity index (χ4v) is 3.97. The van der Waals surface area contributed by atoms with Crippen LogP contribution in [-0.4, -0.2) is 6.54 Å². The minimum absolute atomic E-state index is 0.778. The van der Waals surface area contributed by atoms with Crippen molar-refractivity contribution in [2.75, 3.05) is 6.54 Å². The van der Waals surface area contributed by atoms with Crippen LogP contribution in [0.3, 0.4) is 0 Å². The lowest BCUT2D eigenvalue weighted by atomic mass is 9.84. The van der Waals surface area contributed by atoms with Gasteiger partial charge in [-0.1, -0.05) is 13.8 Å². The minimum Gasteiger partial charge on any atom is -0.330 e. The molecule has 16 heavy (non-hydrogen) atoms. The number of hydrogen-bond acceptors (Lipinski definition) is 2. The van der Waals surface area contributed by atoms with Crippen LogP contribution in [0.4, 0.5) is 0 Å². The molecule has 1 heterocycles. The summed E-state index contributed by atoms with van der Waals surface area (Å²) in [6.45, 7) is 5.47. The molecular formula is C14H23NS. The van der Waals surface area contributed by atoms with Crippen LogP contribution in [0.1, 0.15) is 42.7 Å². The van der Waals surface area contributed by atoms with Crippen LogP contribution in [0.2, 0.25) is 0 Å². The van der Waals surface area contributed by atoms with E-state index in [2.05, 4.69) is 19.2 Å². The van der Waals surface area contributed by atoms with Gasteiger partial charge in [0.2, 0.25) is 0 Å². The first-order valence-corrected chi connectivity index (χ1v) is 7.36. The van der Waals surface area contributed by atoms with Gasteiger partial charge in [0.15, 0.2) is 0 Å². The Balaban J connectivity index is 2.08. The van der Waals surface area contributed by atoms with E-state index in [0.717, 1.165) is 18.4 Å². The summed E-state index contributed by atoms with van der Waals surface area (Å²) in [7, 11) is 0. The van der Waals surface area contributed by atoms with Crippen molar-refractivity contribution < 1.29 is 0 Å². The molecule has 0 fully saturated rings. The molecule has 1 aromatic heterocycles. The van der Waals surface area contributed by atoms with Gasteiger partial charge in [-0.3, -0.25) is 0 Å². The molecule has 90 valence electrons. The molecule has 0 aliphatic heterocycles. The maximum absolute atomic E-state index is 5.65. The molecule has 0 saturated heterocycles. The average Bonchev–Trinajstić information content (AvgIpc) is 2.61. The first-order chi connectivity index (χ1) is 7.70. The van der Waals surface area contributed by atoms with Crippen LogP contribution in [-0.2, 0) is 19.3 Å². The fourth-order valence-electron chi connectivity index (χ4n) is 2.74. The number of rotatable bonds is 4. The van der Waals surface area contributed by atoms with Gasteiger partial charge in [0.05, 0.1) is 0 Å². The van der Waals surface area contributed by atoms with Crippen LogP contribution < -0.4 is 5.73 Å². The normalized spacial score (nSPS) is 20.1. The Morgan fingerprint density at radius 1 is 1.50 bits per heavy atom. The third kappa shape index (κ3) is 2.67. The molecule has 2 N–H and O–H groups in total. The maximum atomic E-state index is 5.65. The van der Waals surface area contributed by atoms with E-state index < -0.39 is 0 Å². The zero-order valence-corrected chi connectivity index (χ0v) is 11.3. The Morgan fingerprint density at radius 3 is 3.00 bits per heavy atom. The molecule has 1 atom stereocenters. The van der Waals surface area contributed by atoms with E-state index in [4.69, 9.17) is 5.73 Å². The summed E-state index contributed by atoms with van der Waals surface area (Å²) in [5.74, 6) is 1.63. The molecule has 0 bridgehead atoms. The van der Waals surface area contributed by atoms with Crippen molar-refractivity contribution in [3.63, 3.8) is 0 Å². The molecule has 0 aromatic carbocycles. The van der Waals surface area contributed by atoms with Crippen molar-refractivity contribution in [2.45, 2.75) is 46.0 Å². The summed E-state index contributed by atoms with van der Waals surface area (Å²) >= 11 is 1.98. The van der Waals surface area contributed by atoms with E-state index in [-0.39, 0.29) is 0 Å². The van der Waals surface area contributed by atoms with E-state index in [0.29, 0.717) is 0 Å². The van der Waals surface area contributed by atoms with E-state index in [1.54, 1.807) is 16.0 Å². The van der Waals surface area contributed by atoms with Gasteiger partial charge in [0.1, 0.15) is 0 Å². The Morgan fingerprint density at radius 2 is 2.31 bits per heavy atom. The molecule has 0 saturated carbocycles. The van der Waals surface area contributed by atoms with Crippen molar-refractivity contribution in [3.8, 4) is 0 Å². The van der Waals surface area contributed by atoms with Crippen molar-refractivity contribution in [2.24, 2.45) is 17.6 Å². The molecule has 2 rings (SSSR count). The second kappa shape index (κ2) is 5.33. The predicted molar refractivity (Wildman–Crippen MR) is 72.0 cm³/mol. The standard InChI is InChI=1S/C14H23NS/c1-10(2)7-12-9-16-14-8-11(5-6-15)3-4-13(12)14/h9-11H,3-8,15H2,1-2H3. The first kappa shape index (κ1) is 12.1. The van der Waals surface area contributed by atoms with Gasteiger partial charge < -0.3 is 5.73 Å². The van der Waals surface area contributed by atoms with Crippen molar-refractivity contribution in [3.05, 3.63) is 21.4 Å². The first-order valence-electron chi connectivity index (χ1n) is 6.49. The minimum atomic E-state index is 0.778. The molecule has 0 amide bonds. The van der Waals surface area contributed by atoms with Gasteiger partial charge in [-0.15, -0.1) is 11.3 Å². The van der Waals surface area contributed by atoms with Crippen molar-refractivity contribution in [1.82, 2.24) is 0 Å². The predicted octanol–water partition coefficient (Wildman–Crippen LogP) is 3.40. The zero-order chi connectivity index (χ0) is 11.5. The molecule has 0 radical (unpaired) electrons. The van der Waals surface area contributed by atoms with E-state index in [9.17, 15) is 0 Å². The van der Waals surface area contributed by atoms with Gasteiger partial charge in [-0.25, -0.2) is 0 Å². The average molecular weight is 237 g/mol. The lowest BCUT2D eigenvalue weighted by Gasteiger charge is -2.22. The van der Waals surface area contributed by atoms with Crippen LogP contribution in [0.15, 0.2) is 5.38 Å². The van der Waals surface area contributed by atoms with Crippen molar-refractivity contribution >= 4 is 11.3 Å². The molecule has 2 heteroatoms. The Bertz CT molecular complexity index is 341. The van der Waals surface area contributed by atoms with Crippen LogP contribution >= 0.6 is 11.3 Å². The summed E-state index contributed by atoms with van der Waals surface area (Å²) in [6, 6.07) is 0. The van der Waals surface area contributed by atoms with E-state index in [1.165, 1.54) is 32.1 Å². The molecule has 1 aromatic rings. The number of hydrogen-bond donors (Lipinski definition) is 1. The number of nitrogens with two attached hydrogens (primary N) is 1. The number of thiophene rings is 1. The maximum Gasteiger partial charge on any atom is 0.00828 e. The summed E-state index contributed by atoms with van der Waals surface area (Å²) in [4.78, 5) is 1.65. The molecule has 1 nitrogen and oxygen atoms in total. The topological polar surface area (TPSA) is 26.0 Å². The van der Waals surface area contributed by atoms with Gasteiger partial charge in [-0.05, 0) is 67.0 Å². The van der Waals surface area contributed by atoms with E-state index >= 15 is 0 Å². The lowest BCUT2D eigenvalue weighted by Crippen LogP contribution is -2.17. The highest BCUT2D eigenvalue weighted by atomic mass is 32.1. The van der Waals surface area contributed by atoms with E-state index in [1.807, 2.05) is 11.3 Å². The smallest absolute Gasteiger partial charge is 0.00828 e. The summed E-state index contributed by atoms with van der Waals surface area (Å²) in [5.41, 5.74) is 8.97. The van der Waals surface area contributed by atoms with Crippen LogP contribution in [0, 0.1) is 11.8 Å². The monoisotopic (exact) mass is 237 g/mol. The largest absolute Gasteiger partial charge is 0.330 e. The Labute approximate surface area is 103 Å². The van der Waals surface area contributed by atoms with Crippen molar-refractivity contribution in [1.29, 1.82) is 0 Å².